The number of nitrogens with two attached hydrogens (primary N) is 1. The van der Waals surface area contributed by atoms with Crippen LogP contribution in [0, 0.1) is 0 Å². The average molecular weight is 226 g/mol. The van der Waals surface area contributed by atoms with Gasteiger partial charge in [0.1, 0.15) is 11.8 Å². The first kappa shape index (κ1) is 11.1. The fourth-order valence-corrected chi connectivity index (χ4v) is 1.03. The van der Waals surface area contributed by atoms with Crippen LogP contribution in [0.1, 0.15) is 11.6 Å². The van der Waals surface area contributed by atoms with Crippen molar-refractivity contribution in [3.05, 3.63) is 28.8 Å². The van der Waals surface area contributed by atoms with Gasteiger partial charge in [0.15, 0.2) is 0 Å². The van der Waals surface area contributed by atoms with Crippen LogP contribution in [0.4, 0.5) is 13.2 Å². The number of hydrogen-bond donors (Lipinski definition) is 2. The maximum atomic E-state index is 12.1. The van der Waals surface area contributed by atoms with Crippen molar-refractivity contribution >= 4 is 11.6 Å². The van der Waals surface area contributed by atoms with Gasteiger partial charge in [-0.3, -0.25) is 0 Å². The minimum atomic E-state index is -4.53. The minimum Gasteiger partial charge on any atom is -0.506 e. The third-order valence-corrected chi connectivity index (χ3v) is 2.00. The largest absolute Gasteiger partial charge is 0.506 e. The first-order chi connectivity index (χ1) is 6.32. The van der Waals surface area contributed by atoms with Gasteiger partial charge >= 0.3 is 6.18 Å². The summed E-state index contributed by atoms with van der Waals surface area (Å²) >= 11 is 5.43. The molecule has 2 nitrogen and oxygen atoms in total. The third kappa shape index (κ3) is 2.30. The van der Waals surface area contributed by atoms with E-state index in [0.29, 0.717) is 0 Å². The van der Waals surface area contributed by atoms with Crippen molar-refractivity contribution < 1.29 is 18.3 Å². The zero-order valence-corrected chi connectivity index (χ0v) is 7.60. The van der Waals surface area contributed by atoms with Crippen molar-refractivity contribution in [1.29, 1.82) is 0 Å². The summed E-state index contributed by atoms with van der Waals surface area (Å²) in [6.07, 6.45) is -4.53. The third-order valence-electron chi connectivity index (χ3n) is 1.68. The molecule has 0 fully saturated rings. The summed E-state index contributed by atoms with van der Waals surface area (Å²) in [5.74, 6) is -0.413. The second kappa shape index (κ2) is 3.67. The van der Waals surface area contributed by atoms with Gasteiger partial charge in [0.2, 0.25) is 0 Å². The lowest BCUT2D eigenvalue weighted by atomic mass is 10.1. The Hall–Kier alpha value is -0.940. The highest BCUT2D eigenvalue weighted by Gasteiger charge is 2.37. The van der Waals surface area contributed by atoms with Crippen molar-refractivity contribution in [2.75, 3.05) is 0 Å². The predicted molar refractivity (Wildman–Crippen MR) is 46.1 cm³/mol. The summed E-state index contributed by atoms with van der Waals surface area (Å²) in [5, 5.41) is 9.05. The Labute approximate surface area is 83.1 Å². The molecule has 1 aromatic carbocycles. The minimum absolute atomic E-state index is 0.0110. The molecule has 1 aromatic rings. The first-order valence-corrected chi connectivity index (χ1v) is 4.01. The molecule has 0 aliphatic carbocycles. The number of benzene rings is 1. The molecule has 14 heavy (non-hydrogen) atoms. The lowest BCUT2D eigenvalue weighted by Crippen LogP contribution is -2.28. The van der Waals surface area contributed by atoms with Crippen LogP contribution < -0.4 is 5.73 Å². The van der Waals surface area contributed by atoms with Gasteiger partial charge in [-0.15, -0.1) is 0 Å². The summed E-state index contributed by atoms with van der Waals surface area (Å²) in [6.45, 7) is 0. The standard InChI is InChI=1S/C8H7ClF3NO/c9-5-2-1-4(3-6(5)14)7(13)8(10,11)12/h1-3,7,14H,13H2/t7-/m1/s1. The molecule has 0 radical (unpaired) electrons. The molecule has 78 valence electrons. The fourth-order valence-electron chi connectivity index (χ4n) is 0.912. The number of aromatic hydroxyl groups is 1. The molecule has 1 atom stereocenters. The summed E-state index contributed by atoms with van der Waals surface area (Å²) in [6, 6.07) is 1.09. The Morgan fingerprint density at radius 2 is 1.93 bits per heavy atom. The first-order valence-electron chi connectivity index (χ1n) is 3.63. The van der Waals surface area contributed by atoms with Crippen molar-refractivity contribution in [3.8, 4) is 5.75 Å². The van der Waals surface area contributed by atoms with Gasteiger partial charge in [0, 0.05) is 0 Å². The van der Waals surface area contributed by atoms with E-state index >= 15 is 0 Å². The van der Waals surface area contributed by atoms with Gasteiger partial charge in [-0.05, 0) is 17.7 Å². The van der Waals surface area contributed by atoms with Crippen molar-refractivity contribution in [2.24, 2.45) is 5.73 Å². The van der Waals surface area contributed by atoms with E-state index in [9.17, 15) is 13.2 Å². The fraction of sp³-hybridized carbons (Fsp3) is 0.250. The van der Waals surface area contributed by atoms with E-state index in [2.05, 4.69) is 0 Å². The quantitative estimate of drug-likeness (QED) is 0.772. The number of hydrogen-bond acceptors (Lipinski definition) is 2. The lowest BCUT2D eigenvalue weighted by Gasteiger charge is -2.16. The number of halogens is 4. The van der Waals surface area contributed by atoms with E-state index < -0.39 is 18.0 Å². The average Bonchev–Trinajstić information content (AvgIpc) is 2.07. The Morgan fingerprint density at radius 1 is 1.36 bits per heavy atom. The highest BCUT2D eigenvalue weighted by Crippen LogP contribution is 2.33. The topological polar surface area (TPSA) is 46.2 Å². The second-order valence-corrected chi connectivity index (χ2v) is 3.14. The Balaban J connectivity index is 3.03. The van der Waals surface area contributed by atoms with Crippen LogP contribution in [0.15, 0.2) is 18.2 Å². The van der Waals surface area contributed by atoms with Gasteiger partial charge < -0.3 is 10.8 Å². The molecule has 0 spiro atoms. The van der Waals surface area contributed by atoms with E-state index in [1.165, 1.54) is 0 Å². The molecule has 0 saturated carbocycles. The van der Waals surface area contributed by atoms with E-state index in [1.807, 2.05) is 0 Å². The summed E-state index contributed by atoms with van der Waals surface area (Å²) < 4.78 is 36.4. The monoisotopic (exact) mass is 225 g/mol. The predicted octanol–water partition coefficient (Wildman–Crippen LogP) is 2.61. The van der Waals surface area contributed by atoms with Gasteiger partial charge in [0.25, 0.3) is 0 Å². The summed E-state index contributed by atoms with van der Waals surface area (Å²) in [5.41, 5.74) is 4.69. The van der Waals surface area contributed by atoms with Crippen LogP contribution in [-0.2, 0) is 0 Å². The smallest absolute Gasteiger partial charge is 0.407 e. The molecule has 0 saturated heterocycles. The van der Waals surface area contributed by atoms with E-state index in [0.717, 1.165) is 18.2 Å². The van der Waals surface area contributed by atoms with Gasteiger partial charge in [0.05, 0.1) is 5.02 Å². The van der Waals surface area contributed by atoms with Crippen molar-refractivity contribution in [1.82, 2.24) is 0 Å². The van der Waals surface area contributed by atoms with Gasteiger partial charge in [-0.25, -0.2) is 0 Å². The molecule has 0 heterocycles. The molecule has 0 aliphatic heterocycles. The number of phenolic OH excluding ortho intramolecular Hbond substituents is 1. The van der Waals surface area contributed by atoms with E-state index in [-0.39, 0.29) is 10.6 Å². The number of alkyl halides is 3. The number of rotatable bonds is 1. The van der Waals surface area contributed by atoms with Crippen LogP contribution in [-0.4, -0.2) is 11.3 Å². The van der Waals surface area contributed by atoms with Gasteiger partial charge in [-0.1, -0.05) is 17.7 Å². The van der Waals surface area contributed by atoms with Crippen LogP contribution >= 0.6 is 11.6 Å². The summed E-state index contributed by atoms with van der Waals surface area (Å²) in [4.78, 5) is 0. The van der Waals surface area contributed by atoms with Crippen molar-refractivity contribution in [3.63, 3.8) is 0 Å². The van der Waals surface area contributed by atoms with Crippen LogP contribution in [0.25, 0.3) is 0 Å². The zero-order valence-electron chi connectivity index (χ0n) is 6.85. The van der Waals surface area contributed by atoms with E-state index in [1.54, 1.807) is 0 Å². The highest BCUT2D eigenvalue weighted by atomic mass is 35.5. The normalized spacial score (nSPS) is 14.1. The maximum Gasteiger partial charge on any atom is 0.407 e. The molecule has 1 rings (SSSR count). The Kier molecular flexibility index (Phi) is 2.92. The molecule has 0 aliphatic rings. The maximum absolute atomic E-state index is 12.1. The molecule has 0 unspecified atom stereocenters. The van der Waals surface area contributed by atoms with E-state index in [4.69, 9.17) is 22.4 Å². The summed E-state index contributed by atoms with van der Waals surface area (Å²) in [7, 11) is 0. The van der Waals surface area contributed by atoms with Crippen molar-refractivity contribution in [2.45, 2.75) is 12.2 Å². The Bertz CT molecular complexity index is 340. The highest BCUT2D eigenvalue weighted by molar-refractivity contribution is 6.32. The molecule has 3 N–H and O–H groups in total. The lowest BCUT2D eigenvalue weighted by molar-refractivity contribution is -0.149. The molecule has 0 bridgehead atoms. The van der Waals surface area contributed by atoms with Gasteiger partial charge in [-0.2, -0.15) is 13.2 Å². The molecule has 0 aromatic heterocycles. The molecule has 0 amide bonds. The molecule has 6 heteroatoms. The second-order valence-electron chi connectivity index (χ2n) is 2.73. The molecular weight excluding hydrogens is 219 g/mol. The van der Waals surface area contributed by atoms with Crippen LogP contribution in [0.2, 0.25) is 5.02 Å². The zero-order chi connectivity index (χ0) is 10.9. The number of phenols is 1. The van der Waals surface area contributed by atoms with Crippen LogP contribution in [0.5, 0.6) is 5.75 Å². The van der Waals surface area contributed by atoms with Crippen LogP contribution in [0.3, 0.4) is 0 Å². The SMILES string of the molecule is N[C@H](c1ccc(Cl)c(O)c1)C(F)(F)F. The Morgan fingerprint density at radius 3 is 2.36 bits per heavy atom. The molecular formula is C8H7ClF3NO.